The third-order valence-electron chi connectivity index (χ3n) is 8.83. The zero-order valence-corrected chi connectivity index (χ0v) is 18.1. The van der Waals surface area contributed by atoms with Gasteiger partial charge in [-0.3, -0.25) is 9.69 Å². The third-order valence-corrected chi connectivity index (χ3v) is 8.83. The van der Waals surface area contributed by atoms with Crippen molar-refractivity contribution in [2.45, 2.75) is 74.1 Å². The maximum atomic E-state index is 11.1. The lowest BCUT2D eigenvalue weighted by Gasteiger charge is -2.65. The Bertz CT molecular complexity index is 917. The van der Waals surface area contributed by atoms with Gasteiger partial charge in [-0.05, 0) is 62.6 Å². The number of hydrogen-bond donors (Lipinski definition) is 3. The second-order valence-corrected chi connectivity index (χ2v) is 10.2. The number of benzene rings is 1. The summed E-state index contributed by atoms with van der Waals surface area (Å²) in [6.07, 6.45) is 6.25. The van der Waals surface area contributed by atoms with Crippen LogP contribution in [0.15, 0.2) is 12.1 Å². The van der Waals surface area contributed by atoms with Gasteiger partial charge in [-0.1, -0.05) is 6.07 Å². The van der Waals surface area contributed by atoms with Gasteiger partial charge in [0.05, 0.1) is 17.4 Å². The molecule has 1 aromatic rings. The number of carboxylic acids is 1. The van der Waals surface area contributed by atoms with Crippen LogP contribution in [0.1, 0.15) is 49.7 Å². The number of ether oxygens (including phenoxy) is 2. The molecule has 5 atom stereocenters. The Morgan fingerprint density at radius 2 is 2.16 bits per heavy atom. The van der Waals surface area contributed by atoms with Crippen molar-refractivity contribution < 1.29 is 24.5 Å². The maximum absolute atomic E-state index is 11.1. The number of phenolic OH excluding ortho intramolecular Hbond substituents is 1. The van der Waals surface area contributed by atoms with Crippen LogP contribution in [0.3, 0.4) is 0 Å². The molecular weight excluding hydrogens is 396 g/mol. The second-order valence-electron chi connectivity index (χ2n) is 10.2. The molecule has 2 saturated carbocycles. The molecule has 5 aliphatic rings. The SMILES string of the molecule is CO[C@@]12CC[C@H](NCCC(=O)O)[C@@H]3Oc4c(O)ccc5c4C31CCN(CC1CC1)C2C5. The number of carbonyl (C=O) groups is 1. The van der Waals surface area contributed by atoms with Crippen molar-refractivity contribution in [3.63, 3.8) is 0 Å². The van der Waals surface area contributed by atoms with Gasteiger partial charge in [-0.15, -0.1) is 0 Å². The standard InChI is InChI=1S/C24H32N2O5/c1-30-24-8-6-16(25-10-7-19(28)29)22-23(24)9-11-26(13-14-2-3-14)18(24)12-15-4-5-17(27)21(31-22)20(15)23/h4-5,14,16,18,22,25,27H,2-3,6-13H2,1H3,(H,28,29)/t16-,18?,22-,23?,24+/m0/s1. The van der Waals surface area contributed by atoms with E-state index in [2.05, 4.69) is 16.3 Å². The molecule has 2 unspecified atom stereocenters. The molecule has 2 heterocycles. The van der Waals surface area contributed by atoms with E-state index in [-0.39, 0.29) is 35.3 Å². The Morgan fingerprint density at radius 3 is 2.90 bits per heavy atom. The molecule has 1 saturated heterocycles. The van der Waals surface area contributed by atoms with Gasteiger partial charge in [-0.25, -0.2) is 0 Å². The highest BCUT2D eigenvalue weighted by Gasteiger charge is 2.73. The van der Waals surface area contributed by atoms with Crippen LogP contribution in [0.25, 0.3) is 0 Å². The fraction of sp³-hybridized carbons (Fsp3) is 0.708. The minimum absolute atomic E-state index is 0.0380. The minimum atomic E-state index is -0.797. The summed E-state index contributed by atoms with van der Waals surface area (Å²) in [6, 6.07) is 4.20. The first kappa shape index (κ1) is 19.8. The van der Waals surface area contributed by atoms with E-state index >= 15 is 0 Å². The first-order chi connectivity index (χ1) is 15.0. The van der Waals surface area contributed by atoms with Crippen molar-refractivity contribution in [1.82, 2.24) is 10.2 Å². The summed E-state index contributed by atoms with van der Waals surface area (Å²) in [6.45, 7) is 2.59. The predicted molar refractivity (Wildman–Crippen MR) is 114 cm³/mol. The smallest absolute Gasteiger partial charge is 0.304 e. The largest absolute Gasteiger partial charge is 0.504 e. The summed E-state index contributed by atoms with van der Waals surface area (Å²) < 4.78 is 13.1. The lowest BCUT2D eigenvalue weighted by Crippen LogP contribution is -2.78. The summed E-state index contributed by atoms with van der Waals surface area (Å²) in [7, 11) is 1.86. The Hall–Kier alpha value is -1.83. The summed E-state index contributed by atoms with van der Waals surface area (Å²) >= 11 is 0. The lowest BCUT2D eigenvalue weighted by molar-refractivity contribution is -0.207. The predicted octanol–water partition coefficient (Wildman–Crippen LogP) is 2.04. The summed E-state index contributed by atoms with van der Waals surface area (Å²) in [4.78, 5) is 13.7. The van der Waals surface area contributed by atoms with Gasteiger partial charge < -0.3 is 25.0 Å². The molecule has 2 bridgehead atoms. The van der Waals surface area contributed by atoms with E-state index in [1.807, 2.05) is 7.11 Å². The molecule has 168 valence electrons. The average Bonchev–Trinajstić information content (AvgIpc) is 3.49. The topological polar surface area (TPSA) is 91.3 Å². The summed E-state index contributed by atoms with van der Waals surface area (Å²) in [5.41, 5.74) is 1.78. The molecule has 6 rings (SSSR count). The maximum Gasteiger partial charge on any atom is 0.304 e. The number of rotatable bonds is 7. The van der Waals surface area contributed by atoms with E-state index in [0.29, 0.717) is 18.3 Å². The molecule has 3 aliphatic carbocycles. The highest BCUT2D eigenvalue weighted by atomic mass is 16.5. The van der Waals surface area contributed by atoms with E-state index in [9.17, 15) is 9.90 Å². The van der Waals surface area contributed by atoms with Gasteiger partial charge in [-0.2, -0.15) is 0 Å². The van der Waals surface area contributed by atoms with Crippen LogP contribution in [0.4, 0.5) is 0 Å². The summed E-state index contributed by atoms with van der Waals surface area (Å²) in [5.74, 6) is 0.861. The van der Waals surface area contributed by atoms with Crippen LogP contribution >= 0.6 is 0 Å². The van der Waals surface area contributed by atoms with E-state index in [4.69, 9.17) is 14.6 Å². The normalized spacial score (nSPS) is 37.9. The minimum Gasteiger partial charge on any atom is -0.504 e. The zero-order chi connectivity index (χ0) is 21.4. The van der Waals surface area contributed by atoms with Crippen molar-refractivity contribution in [3.05, 3.63) is 23.3 Å². The number of hydrogen-bond acceptors (Lipinski definition) is 6. The number of aromatic hydroxyl groups is 1. The van der Waals surface area contributed by atoms with E-state index in [1.54, 1.807) is 6.07 Å². The number of piperidine rings is 1. The number of phenols is 1. The van der Waals surface area contributed by atoms with Crippen LogP contribution < -0.4 is 10.1 Å². The highest BCUT2D eigenvalue weighted by molar-refractivity contribution is 5.67. The quantitative estimate of drug-likeness (QED) is 0.612. The first-order valence-corrected chi connectivity index (χ1v) is 11.8. The van der Waals surface area contributed by atoms with Crippen LogP contribution in [-0.2, 0) is 21.4 Å². The van der Waals surface area contributed by atoms with Crippen molar-refractivity contribution in [3.8, 4) is 11.5 Å². The van der Waals surface area contributed by atoms with Gasteiger partial charge >= 0.3 is 5.97 Å². The molecule has 3 fully saturated rings. The van der Waals surface area contributed by atoms with Gasteiger partial charge in [0, 0.05) is 37.8 Å². The Kier molecular flexibility index (Phi) is 4.37. The molecule has 0 amide bonds. The molecule has 0 aromatic heterocycles. The molecule has 1 spiro atoms. The number of aliphatic carboxylic acids is 1. The number of nitrogens with zero attached hydrogens (tertiary/aromatic N) is 1. The average molecular weight is 429 g/mol. The fourth-order valence-electron chi connectivity index (χ4n) is 7.44. The highest BCUT2D eigenvalue weighted by Crippen LogP contribution is 2.66. The van der Waals surface area contributed by atoms with E-state index in [1.165, 1.54) is 18.4 Å². The van der Waals surface area contributed by atoms with Crippen molar-refractivity contribution >= 4 is 5.97 Å². The van der Waals surface area contributed by atoms with Gasteiger partial charge in [0.15, 0.2) is 11.5 Å². The van der Waals surface area contributed by atoms with Gasteiger partial charge in [0.1, 0.15) is 6.10 Å². The lowest BCUT2D eigenvalue weighted by atomic mass is 9.48. The Balaban J connectivity index is 1.45. The molecular formula is C24H32N2O5. The molecule has 0 radical (unpaired) electrons. The van der Waals surface area contributed by atoms with Crippen LogP contribution in [0.5, 0.6) is 11.5 Å². The monoisotopic (exact) mass is 428 g/mol. The van der Waals surface area contributed by atoms with Crippen LogP contribution in [-0.4, -0.2) is 71.6 Å². The number of carboxylic acid groups (broad SMARTS) is 1. The molecule has 7 heteroatoms. The van der Waals surface area contributed by atoms with Gasteiger partial charge in [0.2, 0.25) is 0 Å². The third kappa shape index (κ3) is 2.60. The zero-order valence-electron chi connectivity index (χ0n) is 18.1. The van der Waals surface area contributed by atoms with Crippen LogP contribution in [0.2, 0.25) is 0 Å². The number of methoxy groups -OCH3 is 1. The van der Waals surface area contributed by atoms with E-state index in [0.717, 1.165) is 50.3 Å². The van der Waals surface area contributed by atoms with Crippen LogP contribution in [0, 0.1) is 5.92 Å². The van der Waals surface area contributed by atoms with Crippen molar-refractivity contribution in [2.75, 3.05) is 26.7 Å². The molecule has 1 aromatic carbocycles. The Labute approximate surface area is 182 Å². The Morgan fingerprint density at radius 1 is 1.32 bits per heavy atom. The molecule has 7 nitrogen and oxygen atoms in total. The second kappa shape index (κ2) is 6.83. The summed E-state index contributed by atoms with van der Waals surface area (Å²) in [5, 5.41) is 23.3. The molecule has 2 aliphatic heterocycles. The molecule has 3 N–H and O–H groups in total. The first-order valence-electron chi connectivity index (χ1n) is 11.8. The van der Waals surface area contributed by atoms with E-state index < -0.39 is 5.97 Å². The van der Waals surface area contributed by atoms with Crippen molar-refractivity contribution in [2.24, 2.45) is 5.92 Å². The van der Waals surface area contributed by atoms with Crippen molar-refractivity contribution in [1.29, 1.82) is 0 Å². The van der Waals surface area contributed by atoms with Gasteiger partial charge in [0.25, 0.3) is 0 Å². The number of nitrogens with one attached hydrogen (secondary N) is 1. The molecule has 31 heavy (non-hydrogen) atoms. The fourth-order valence-corrected chi connectivity index (χ4v) is 7.44. The number of likely N-dealkylation sites (tertiary alicyclic amines) is 1.